The van der Waals surface area contributed by atoms with Crippen LogP contribution in [0.5, 0.6) is 11.5 Å². The molecule has 2 rings (SSSR count). The van der Waals surface area contributed by atoms with Crippen LogP contribution in [0.4, 0.5) is 4.79 Å². The molecule has 0 atom stereocenters. The predicted molar refractivity (Wildman–Crippen MR) is 60.6 cm³/mol. The van der Waals surface area contributed by atoms with Crippen LogP contribution in [0.25, 0.3) is 10.8 Å². The highest BCUT2D eigenvalue weighted by atomic mass is 16.6. The maximum absolute atomic E-state index is 10.8. The molecule has 4 nitrogen and oxygen atoms in total. The second-order valence-corrected chi connectivity index (χ2v) is 3.51. The summed E-state index contributed by atoms with van der Waals surface area (Å²) in [6, 6.07) is 9.11. The minimum absolute atomic E-state index is 0.0579. The third kappa shape index (κ3) is 1.65. The number of ether oxygens (including phenoxy) is 1. The van der Waals surface area contributed by atoms with Crippen molar-refractivity contribution in [2.45, 2.75) is 6.92 Å². The first-order valence-electron chi connectivity index (χ1n) is 4.78. The molecule has 0 unspecified atom stereocenters. The molecule has 0 aromatic heterocycles. The first-order chi connectivity index (χ1) is 7.59. The van der Waals surface area contributed by atoms with Gasteiger partial charge < -0.3 is 15.6 Å². The lowest BCUT2D eigenvalue weighted by Gasteiger charge is -2.10. The predicted octanol–water partition coefficient (Wildman–Crippen LogP) is 2.31. The zero-order valence-corrected chi connectivity index (χ0v) is 8.73. The quantitative estimate of drug-likeness (QED) is 0.769. The molecule has 2 aromatic rings. The monoisotopic (exact) mass is 217 g/mol. The number of phenols is 1. The summed E-state index contributed by atoms with van der Waals surface area (Å²) in [6.45, 7) is 1.73. The number of phenolic OH excluding ortho intramolecular Hbond substituents is 1. The van der Waals surface area contributed by atoms with Crippen molar-refractivity contribution in [3.63, 3.8) is 0 Å². The van der Waals surface area contributed by atoms with E-state index in [0.717, 1.165) is 5.39 Å². The number of hydrogen-bond donors (Lipinski definition) is 2. The Morgan fingerprint density at radius 1 is 1.38 bits per heavy atom. The number of primary amides is 1. The lowest BCUT2D eigenvalue weighted by molar-refractivity contribution is 0.209. The lowest BCUT2D eigenvalue weighted by Crippen LogP contribution is -2.16. The largest absolute Gasteiger partial charge is 0.504 e. The number of fused-ring (bicyclic) bond motifs is 1. The molecular weight excluding hydrogens is 206 g/mol. The summed E-state index contributed by atoms with van der Waals surface area (Å²) in [4.78, 5) is 10.8. The SMILES string of the molecule is Cc1cc2ccccc2c(OC(N)=O)c1O. The number of aryl methyl sites for hydroxylation is 1. The van der Waals surface area contributed by atoms with Gasteiger partial charge in [0.2, 0.25) is 0 Å². The first kappa shape index (κ1) is 10.3. The van der Waals surface area contributed by atoms with Crippen LogP contribution in [0.2, 0.25) is 0 Å². The van der Waals surface area contributed by atoms with Gasteiger partial charge in [-0.1, -0.05) is 24.3 Å². The third-order valence-electron chi connectivity index (χ3n) is 2.37. The van der Waals surface area contributed by atoms with E-state index in [2.05, 4.69) is 0 Å². The molecule has 2 aromatic carbocycles. The van der Waals surface area contributed by atoms with Gasteiger partial charge in [-0.15, -0.1) is 0 Å². The van der Waals surface area contributed by atoms with Crippen LogP contribution in [-0.2, 0) is 0 Å². The van der Waals surface area contributed by atoms with Crippen molar-refractivity contribution in [3.05, 3.63) is 35.9 Å². The fourth-order valence-corrected chi connectivity index (χ4v) is 1.64. The van der Waals surface area contributed by atoms with Crippen molar-refractivity contribution in [3.8, 4) is 11.5 Å². The van der Waals surface area contributed by atoms with Gasteiger partial charge in [0.1, 0.15) is 0 Å². The summed E-state index contributed by atoms with van der Waals surface area (Å²) in [6.07, 6.45) is -0.939. The van der Waals surface area contributed by atoms with Gasteiger partial charge in [0, 0.05) is 5.39 Å². The Bertz CT molecular complexity index is 563. The Kier molecular flexibility index (Phi) is 2.40. The molecular formula is C12H11NO3. The Labute approximate surface area is 92.3 Å². The van der Waals surface area contributed by atoms with Crippen molar-refractivity contribution in [2.75, 3.05) is 0 Å². The molecule has 3 N–H and O–H groups in total. The van der Waals surface area contributed by atoms with E-state index >= 15 is 0 Å². The normalized spacial score (nSPS) is 10.3. The number of benzene rings is 2. The van der Waals surface area contributed by atoms with E-state index in [0.29, 0.717) is 10.9 Å². The van der Waals surface area contributed by atoms with Crippen LogP contribution in [0.3, 0.4) is 0 Å². The van der Waals surface area contributed by atoms with Crippen molar-refractivity contribution in [1.82, 2.24) is 0 Å². The van der Waals surface area contributed by atoms with Crippen molar-refractivity contribution in [2.24, 2.45) is 5.73 Å². The van der Waals surface area contributed by atoms with Crippen LogP contribution in [0, 0.1) is 6.92 Å². The van der Waals surface area contributed by atoms with Gasteiger partial charge in [0.15, 0.2) is 11.5 Å². The molecule has 0 heterocycles. The molecule has 0 spiro atoms. The van der Waals surface area contributed by atoms with Gasteiger partial charge in [0.25, 0.3) is 0 Å². The van der Waals surface area contributed by atoms with Crippen LogP contribution < -0.4 is 10.5 Å². The van der Waals surface area contributed by atoms with E-state index in [1.165, 1.54) is 0 Å². The number of carbonyl (C=O) groups excluding carboxylic acids is 1. The molecule has 0 saturated heterocycles. The zero-order valence-electron chi connectivity index (χ0n) is 8.73. The minimum Gasteiger partial charge on any atom is -0.504 e. The number of amides is 1. The Balaban J connectivity index is 2.76. The number of aromatic hydroxyl groups is 1. The van der Waals surface area contributed by atoms with Gasteiger partial charge in [-0.3, -0.25) is 0 Å². The highest BCUT2D eigenvalue weighted by Crippen LogP contribution is 2.37. The number of nitrogens with two attached hydrogens (primary N) is 1. The summed E-state index contributed by atoms with van der Waals surface area (Å²) in [5, 5.41) is 11.4. The Morgan fingerprint density at radius 3 is 2.75 bits per heavy atom. The fourth-order valence-electron chi connectivity index (χ4n) is 1.64. The molecule has 0 saturated carbocycles. The second kappa shape index (κ2) is 3.73. The van der Waals surface area contributed by atoms with E-state index < -0.39 is 6.09 Å². The average molecular weight is 217 g/mol. The lowest BCUT2D eigenvalue weighted by atomic mass is 10.1. The summed E-state index contributed by atoms with van der Waals surface area (Å²) >= 11 is 0. The maximum Gasteiger partial charge on any atom is 0.410 e. The second-order valence-electron chi connectivity index (χ2n) is 3.51. The standard InChI is InChI=1S/C12H11NO3/c1-7-6-8-4-2-3-5-9(8)11(10(7)14)16-12(13)15/h2-6,14H,1H3,(H2,13,15). The number of carbonyl (C=O) groups is 1. The van der Waals surface area contributed by atoms with Gasteiger partial charge in [-0.2, -0.15) is 0 Å². The van der Waals surface area contributed by atoms with Crippen LogP contribution >= 0.6 is 0 Å². The third-order valence-corrected chi connectivity index (χ3v) is 2.37. The van der Waals surface area contributed by atoms with E-state index in [4.69, 9.17) is 10.5 Å². The first-order valence-corrected chi connectivity index (χ1v) is 4.78. The fraction of sp³-hybridized carbons (Fsp3) is 0.0833. The van der Waals surface area contributed by atoms with E-state index in [1.54, 1.807) is 19.1 Å². The van der Waals surface area contributed by atoms with Crippen LogP contribution in [0.15, 0.2) is 30.3 Å². The molecule has 82 valence electrons. The highest BCUT2D eigenvalue weighted by molar-refractivity contribution is 5.93. The molecule has 4 heteroatoms. The molecule has 0 radical (unpaired) electrons. The molecule has 1 amide bonds. The minimum atomic E-state index is -0.939. The van der Waals surface area contributed by atoms with Gasteiger partial charge in [-0.05, 0) is 23.9 Å². The maximum atomic E-state index is 10.8. The number of hydrogen-bond acceptors (Lipinski definition) is 3. The van der Waals surface area contributed by atoms with Crippen LogP contribution in [-0.4, -0.2) is 11.2 Å². The summed E-state index contributed by atoms with van der Waals surface area (Å²) in [5.74, 6) is 0.0561. The smallest absolute Gasteiger partial charge is 0.410 e. The molecule has 0 bridgehead atoms. The van der Waals surface area contributed by atoms with Gasteiger partial charge in [0.05, 0.1) is 0 Å². The van der Waals surface area contributed by atoms with Gasteiger partial charge in [-0.25, -0.2) is 4.79 Å². The average Bonchev–Trinajstić information content (AvgIpc) is 2.24. The molecule has 16 heavy (non-hydrogen) atoms. The molecule has 0 aliphatic rings. The van der Waals surface area contributed by atoms with Crippen molar-refractivity contribution < 1.29 is 14.6 Å². The van der Waals surface area contributed by atoms with Crippen LogP contribution in [0.1, 0.15) is 5.56 Å². The topological polar surface area (TPSA) is 72.5 Å². The van der Waals surface area contributed by atoms with Gasteiger partial charge >= 0.3 is 6.09 Å². The van der Waals surface area contributed by atoms with Crippen molar-refractivity contribution in [1.29, 1.82) is 0 Å². The summed E-state index contributed by atoms with van der Waals surface area (Å²) < 4.78 is 4.83. The molecule has 0 fully saturated rings. The molecule has 0 aliphatic carbocycles. The number of rotatable bonds is 1. The summed E-state index contributed by atoms with van der Waals surface area (Å²) in [5.41, 5.74) is 5.60. The zero-order chi connectivity index (χ0) is 11.7. The van der Waals surface area contributed by atoms with E-state index in [-0.39, 0.29) is 11.5 Å². The Hall–Kier alpha value is -2.23. The Morgan fingerprint density at radius 2 is 2.06 bits per heavy atom. The summed E-state index contributed by atoms with van der Waals surface area (Å²) in [7, 11) is 0. The van der Waals surface area contributed by atoms with E-state index in [9.17, 15) is 9.90 Å². The molecule has 0 aliphatic heterocycles. The van der Waals surface area contributed by atoms with E-state index in [1.807, 2.05) is 18.2 Å². The van der Waals surface area contributed by atoms with Crippen molar-refractivity contribution >= 4 is 16.9 Å². The highest BCUT2D eigenvalue weighted by Gasteiger charge is 2.13.